The molecule has 222 valence electrons. The van der Waals surface area contributed by atoms with E-state index >= 15 is 0 Å². The third-order valence-electron chi connectivity index (χ3n) is 8.15. The Hall–Kier alpha value is -3.58. The Bertz CT molecular complexity index is 1440. The van der Waals surface area contributed by atoms with E-state index in [1.807, 2.05) is 13.8 Å². The van der Waals surface area contributed by atoms with E-state index in [-0.39, 0.29) is 61.7 Å². The number of carbonyl (C=O) groups excluding carboxylic acids is 2. The maximum absolute atomic E-state index is 14.1. The summed E-state index contributed by atoms with van der Waals surface area (Å²) in [6, 6.07) is 3.21. The van der Waals surface area contributed by atoms with Crippen LogP contribution in [-0.4, -0.2) is 50.2 Å². The standard InChI is InChI=1S/C27H31F5N6O3/c1-13(2)22-21(24(33)39)23(41-37-22)20(14-5-7-26(28,29)8-6-14)18-12-38-19(35-18)4-3-17(36-38)10-15-9-16(27(30,31)32)11-34-25(15)40/h3-4,12-16,20H,5-11H2,1-2H3,(H2,33,39)(H,34,40)/t15?,16-,20+/m1/s1. The molecular formula is C27H31F5N6O3. The van der Waals surface area contributed by atoms with E-state index < -0.39 is 48.2 Å². The van der Waals surface area contributed by atoms with Crippen molar-refractivity contribution in [1.82, 2.24) is 25.1 Å². The summed E-state index contributed by atoms with van der Waals surface area (Å²) in [4.78, 5) is 29.5. The summed E-state index contributed by atoms with van der Waals surface area (Å²) in [6.45, 7) is 3.20. The van der Waals surface area contributed by atoms with Crippen molar-refractivity contribution in [2.45, 2.75) is 76.3 Å². The van der Waals surface area contributed by atoms with Crippen LogP contribution in [0.4, 0.5) is 22.0 Å². The fourth-order valence-corrected chi connectivity index (χ4v) is 5.93. The zero-order valence-electron chi connectivity index (χ0n) is 22.5. The van der Waals surface area contributed by atoms with Gasteiger partial charge in [0.1, 0.15) is 5.56 Å². The largest absolute Gasteiger partial charge is 0.393 e. The molecule has 3 N–H and O–H groups in total. The van der Waals surface area contributed by atoms with E-state index in [0.29, 0.717) is 22.7 Å². The molecule has 0 bridgehead atoms. The van der Waals surface area contributed by atoms with Crippen LogP contribution in [0.15, 0.2) is 22.9 Å². The lowest BCUT2D eigenvalue weighted by Gasteiger charge is -2.32. The Kier molecular flexibility index (Phi) is 7.53. The van der Waals surface area contributed by atoms with Crippen molar-refractivity contribution in [3.05, 3.63) is 46.7 Å². The Labute approximate surface area is 232 Å². The molecule has 3 aromatic rings. The predicted octanol–water partition coefficient (Wildman–Crippen LogP) is 4.75. The minimum absolute atomic E-state index is 0.00528. The minimum atomic E-state index is -4.42. The lowest BCUT2D eigenvalue weighted by molar-refractivity contribution is -0.183. The van der Waals surface area contributed by atoms with Gasteiger partial charge in [-0.1, -0.05) is 19.0 Å². The van der Waals surface area contributed by atoms with Crippen molar-refractivity contribution >= 4 is 17.5 Å². The number of halogens is 5. The highest BCUT2D eigenvalue weighted by Gasteiger charge is 2.45. The molecule has 1 saturated heterocycles. The van der Waals surface area contributed by atoms with Gasteiger partial charge in [0, 0.05) is 31.7 Å². The maximum atomic E-state index is 14.1. The highest BCUT2D eigenvalue weighted by Crippen LogP contribution is 2.46. The number of carbonyl (C=O) groups is 2. The molecule has 14 heteroatoms. The van der Waals surface area contributed by atoms with Crippen molar-refractivity contribution in [2.75, 3.05) is 6.54 Å². The summed E-state index contributed by atoms with van der Waals surface area (Å²) in [5.41, 5.74) is 7.38. The molecule has 9 nitrogen and oxygen atoms in total. The van der Waals surface area contributed by atoms with Crippen LogP contribution in [0.5, 0.6) is 0 Å². The highest BCUT2D eigenvalue weighted by atomic mass is 19.4. The second kappa shape index (κ2) is 10.7. The van der Waals surface area contributed by atoms with Crippen LogP contribution in [0.3, 0.4) is 0 Å². The van der Waals surface area contributed by atoms with Gasteiger partial charge < -0.3 is 15.6 Å². The number of aromatic nitrogens is 4. The topological polar surface area (TPSA) is 128 Å². The molecule has 5 rings (SSSR count). The molecule has 1 aliphatic carbocycles. The number of primary amides is 1. The monoisotopic (exact) mass is 582 g/mol. The Balaban J connectivity index is 1.49. The van der Waals surface area contributed by atoms with Crippen molar-refractivity contribution in [2.24, 2.45) is 23.5 Å². The first-order valence-electron chi connectivity index (χ1n) is 13.6. The number of nitrogens with zero attached hydrogens (tertiary/aromatic N) is 4. The molecule has 2 amide bonds. The predicted molar refractivity (Wildman–Crippen MR) is 135 cm³/mol. The first-order chi connectivity index (χ1) is 19.2. The van der Waals surface area contributed by atoms with Crippen LogP contribution in [0.1, 0.15) is 91.0 Å². The van der Waals surface area contributed by atoms with E-state index in [1.54, 1.807) is 18.3 Å². The molecular weight excluding hydrogens is 551 g/mol. The maximum Gasteiger partial charge on any atom is 0.393 e. The summed E-state index contributed by atoms with van der Waals surface area (Å²) in [6.07, 6.45) is -3.53. The number of amides is 2. The van der Waals surface area contributed by atoms with E-state index in [2.05, 4.69) is 20.6 Å². The summed E-state index contributed by atoms with van der Waals surface area (Å²) >= 11 is 0. The van der Waals surface area contributed by atoms with Crippen LogP contribution >= 0.6 is 0 Å². The van der Waals surface area contributed by atoms with Crippen molar-refractivity contribution in [3.8, 4) is 0 Å². The van der Waals surface area contributed by atoms with E-state index in [4.69, 9.17) is 10.3 Å². The number of hydrogen-bond donors (Lipinski definition) is 2. The summed E-state index contributed by atoms with van der Waals surface area (Å²) < 4.78 is 75.0. The number of piperidine rings is 1. The number of fused-ring (bicyclic) bond motifs is 1. The fourth-order valence-electron chi connectivity index (χ4n) is 5.93. The lowest BCUT2D eigenvalue weighted by Crippen LogP contribution is -2.47. The van der Waals surface area contributed by atoms with Gasteiger partial charge in [-0.25, -0.2) is 18.3 Å². The zero-order valence-corrected chi connectivity index (χ0v) is 22.5. The van der Waals surface area contributed by atoms with Crippen molar-refractivity contribution in [1.29, 1.82) is 0 Å². The number of nitrogens with two attached hydrogens (primary N) is 1. The molecule has 2 fully saturated rings. The quantitative estimate of drug-likeness (QED) is 0.387. The number of nitrogens with one attached hydrogen (secondary N) is 1. The van der Waals surface area contributed by atoms with Crippen LogP contribution < -0.4 is 11.1 Å². The molecule has 4 heterocycles. The average Bonchev–Trinajstić information content (AvgIpc) is 3.50. The van der Waals surface area contributed by atoms with Gasteiger partial charge in [-0.15, -0.1) is 0 Å². The Morgan fingerprint density at radius 1 is 1.24 bits per heavy atom. The molecule has 0 aromatic carbocycles. The molecule has 1 unspecified atom stereocenters. The summed E-state index contributed by atoms with van der Waals surface area (Å²) in [5, 5.41) is 10.9. The van der Waals surface area contributed by atoms with Crippen LogP contribution in [0, 0.1) is 17.8 Å². The van der Waals surface area contributed by atoms with Crippen LogP contribution in [0.25, 0.3) is 5.65 Å². The molecule has 0 radical (unpaired) electrons. The first kappa shape index (κ1) is 28.9. The molecule has 0 spiro atoms. The molecule has 2 aliphatic rings. The Morgan fingerprint density at radius 2 is 1.95 bits per heavy atom. The number of alkyl halides is 5. The third kappa shape index (κ3) is 5.91. The van der Waals surface area contributed by atoms with Gasteiger partial charge in [0.25, 0.3) is 5.91 Å². The van der Waals surface area contributed by atoms with E-state index in [9.17, 15) is 31.5 Å². The average molecular weight is 583 g/mol. The van der Waals surface area contributed by atoms with Gasteiger partial charge in [0.2, 0.25) is 11.8 Å². The zero-order chi connectivity index (χ0) is 29.7. The van der Waals surface area contributed by atoms with Crippen LogP contribution in [-0.2, 0) is 11.2 Å². The first-order valence-corrected chi connectivity index (χ1v) is 13.6. The Morgan fingerprint density at radius 3 is 2.59 bits per heavy atom. The molecule has 3 atom stereocenters. The fraction of sp³-hybridized carbons (Fsp3) is 0.593. The van der Waals surface area contributed by atoms with Gasteiger partial charge in [0.05, 0.1) is 35.1 Å². The lowest BCUT2D eigenvalue weighted by atomic mass is 9.75. The summed E-state index contributed by atoms with van der Waals surface area (Å²) in [5.74, 6) is -7.62. The van der Waals surface area contributed by atoms with Gasteiger partial charge in [-0.3, -0.25) is 9.59 Å². The van der Waals surface area contributed by atoms with Crippen LogP contribution in [0.2, 0.25) is 0 Å². The third-order valence-corrected chi connectivity index (χ3v) is 8.15. The van der Waals surface area contributed by atoms with Gasteiger partial charge in [-0.2, -0.15) is 18.3 Å². The number of imidazole rings is 1. The normalized spacial score (nSPS) is 22.7. The number of rotatable bonds is 7. The smallest absolute Gasteiger partial charge is 0.365 e. The minimum Gasteiger partial charge on any atom is -0.365 e. The van der Waals surface area contributed by atoms with Gasteiger partial charge in [0.15, 0.2) is 11.4 Å². The number of hydrogen-bond acceptors (Lipinski definition) is 6. The molecule has 1 saturated carbocycles. The SMILES string of the molecule is CC(C)c1noc([C@H](c2cn3nc(CC4C[C@@H](C(F)(F)F)CNC4=O)ccc3n2)C2CCC(F)(F)CC2)c1C(N)=O. The second-order valence-electron chi connectivity index (χ2n) is 11.4. The van der Waals surface area contributed by atoms with Crippen molar-refractivity contribution in [3.63, 3.8) is 0 Å². The van der Waals surface area contributed by atoms with E-state index in [0.717, 1.165) is 0 Å². The molecule has 1 aliphatic heterocycles. The highest BCUT2D eigenvalue weighted by molar-refractivity contribution is 5.95. The molecule has 41 heavy (non-hydrogen) atoms. The van der Waals surface area contributed by atoms with Gasteiger partial charge >= 0.3 is 6.18 Å². The molecule has 3 aromatic heterocycles. The summed E-state index contributed by atoms with van der Waals surface area (Å²) in [7, 11) is 0. The second-order valence-corrected chi connectivity index (χ2v) is 11.4. The van der Waals surface area contributed by atoms with Crippen molar-refractivity contribution < 1.29 is 36.1 Å². The van der Waals surface area contributed by atoms with Gasteiger partial charge in [-0.05, 0) is 43.2 Å². The van der Waals surface area contributed by atoms with E-state index in [1.165, 1.54) is 4.52 Å².